The van der Waals surface area contributed by atoms with Crippen molar-refractivity contribution in [1.82, 2.24) is 10.2 Å². The van der Waals surface area contributed by atoms with Crippen LogP contribution in [0.5, 0.6) is 5.75 Å². The molecule has 1 atom stereocenters. The second kappa shape index (κ2) is 12.5. The first kappa shape index (κ1) is 24.2. The summed E-state index contributed by atoms with van der Waals surface area (Å²) < 4.78 is 5.73. The maximum atomic E-state index is 12.4. The molecule has 2 aromatic rings. The van der Waals surface area contributed by atoms with E-state index in [1.807, 2.05) is 67.5 Å². The van der Waals surface area contributed by atoms with Crippen LogP contribution in [0.25, 0.3) is 0 Å². The standard InChI is InChI=1S/C19H25N3O2.2ClH/c1-22(2)12-13-24-18-11-7-6-10-16(18)19(23)21-14-17(20)15-8-4-3-5-9-15;;/h3-11,17H,12-14,20H2,1-2H3,(H,21,23);2*1H. The van der Waals surface area contributed by atoms with Crippen molar-refractivity contribution >= 4 is 30.7 Å². The number of hydrogen-bond donors (Lipinski definition) is 2. The van der Waals surface area contributed by atoms with Gasteiger partial charge in [-0.3, -0.25) is 4.79 Å². The highest BCUT2D eigenvalue weighted by molar-refractivity contribution is 5.96. The number of para-hydroxylation sites is 1. The average Bonchev–Trinajstić information content (AvgIpc) is 2.60. The Balaban J connectivity index is 0.00000312. The average molecular weight is 400 g/mol. The zero-order chi connectivity index (χ0) is 17.4. The molecule has 0 fully saturated rings. The van der Waals surface area contributed by atoms with Gasteiger partial charge in [-0.15, -0.1) is 24.8 Å². The van der Waals surface area contributed by atoms with Crippen molar-refractivity contribution in [2.45, 2.75) is 6.04 Å². The molecule has 1 amide bonds. The van der Waals surface area contributed by atoms with E-state index >= 15 is 0 Å². The molecule has 2 aromatic carbocycles. The summed E-state index contributed by atoms with van der Waals surface area (Å²) >= 11 is 0. The molecule has 0 aromatic heterocycles. The molecule has 0 aliphatic carbocycles. The lowest BCUT2D eigenvalue weighted by molar-refractivity contribution is 0.0946. The third-order valence-electron chi connectivity index (χ3n) is 3.64. The van der Waals surface area contributed by atoms with E-state index in [1.54, 1.807) is 6.07 Å². The monoisotopic (exact) mass is 399 g/mol. The van der Waals surface area contributed by atoms with Gasteiger partial charge in [0.25, 0.3) is 5.91 Å². The van der Waals surface area contributed by atoms with Gasteiger partial charge in [-0.25, -0.2) is 0 Å². The highest BCUT2D eigenvalue weighted by atomic mass is 35.5. The second-order valence-electron chi connectivity index (χ2n) is 5.88. The van der Waals surface area contributed by atoms with Crippen molar-refractivity contribution < 1.29 is 9.53 Å². The molecule has 5 nitrogen and oxygen atoms in total. The molecule has 2 rings (SSSR count). The second-order valence-corrected chi connectivity index (χ2v) is 5.88. The van der Waals surface area contributed by atoms with Crippen LogP contribution in [0.3, 0.4) is 0 Å². The van der Waals surface area contributed by atoms with E-state index in [1.165, 1.54) is 0 Å². The Morgan fingerprint density at radius 2 is 1.69 bits per heavy atom. The first-order valence-corrected chi connectivity index (χ1v) is 8.03. The summed E-state index contributed by atoms with van der Waals surface area (Å²) in [5.41, 5.74) is 7.64. The smallest absolute Gasteiger partial charge is 0.255 e. The van der Waals surface area contributed by atoms with E-state index in [4.69, 9.17) is 10.5 Å². The largest absolute Gasteiger partial charge is 0.491 e. The summed E-state index contributed by atoms with van der Waals surface area (Å²) in [5.74, 6) is 0.409. The molecule has 0 saturated heterocycles. The summed E-state index contributed by atoms with van der Waals surface area (Å²) in [6.45, 7) is 1.69. The predicted octanol–water partition coefficient (Wildman–Crippen LogP) is 2.90. The molecular formula is C19H27Cl2N3O2. The highest BCUT2D eigenvalue weighted by Gasteiger charge is 2.13. The molecule has 26 heavy (non-hydrogen) atoms. The normalized spacial score (nSPS) is 11.1. The minimum absolute atomic E-state index is 0. The van der Waals surface area contributed by atoms with Crippen LogP contribution in [0.15, 0.2) is 54.6 Å². The Labute approximate surface area is 167 Å². The van der Waals surface area contributed by atoms with Crippen LogP contribution in [0, 0.1) is 0 Å². The van der Waals surface area contributed by atoms with E-state index in [0.29, 0.717) is 24.5 Å². The van der Waals surface area contributed by atoms with Gasteiger partial charge in [-0.1, -0.05) is 42.5 Å². The fraction of sp³-hybridized carbons (Fsp3) is 0.316. The number of ether oxygens (including phenoxy) is 1. The van der Waals surface area contributed by atoms with Crippen LogP contribution >= 0.6 is 24.8 Å². The molecule has 0 radical (unpaired) electrons. The maximum absolute atomic E-state index is 12.4. The fourth-order valence-corrected chi connectivity index (χ4v) is 2.23. The quantitative estimate of drug-likeness (QED) is 0.715. The zero-order valence-corrected chi connectivity index (χ0v) is 16.7. The van der Waals surface area contributed by atoms with E-state index in [0.717, 1.165) is 12.1 Å². The van der Waals surface area contributed by atoms with Gasteiger partial charge in [0, 0.05) is 19.1 Å². The number of nitrogens with one attached hydrogen (secondary N) is 1. The highest BCUT2D eigenvalue weighted by Crippen LogP contribution is 2.18. The number of benzene rings is 2. The molecule has 0 spiro atoms. The lowest BCUT2D eigenvalue weighted by Crippen LogP contribution is -2.32. The fourth-order valence-electron chi connectivity index (χ4n) is 2.23. The molecule has 0 aliphatic rings. The molecule has 0 saturated carbocycles. The topological polar surface area (TPSA) is 67.6 Å². The number of carbonyl (C=O) groups is 1. The summed E-state index contributed by atoms with van der Waals surface area (Å²) in [6.07, 6.45) is 0. The summed E-state index contributed by atoms with van der Waals surface area (Å²) in [6, 6.07) is 16.7. The Bertz CT molecular complexity index is 654. The lowest BCUT2D eigenvalue weighted by atomic mass is 10.1. The number of nitrogens with two attached hydrogens (primary N) is 1. The Morgan fingerprint density at radius 3 is 2.35 bits per heavy atom. The first-order valence-electron chi connectivity index (χ1n) is 8.03. The van der Waals surface area contributed by atoms with Crippen LogP contribution in [-0.2, 0) is 0 Å². The predicted molar refractivity (Wildman–Crippen MR) is 111 cm³/mol. The van der Waals surface area contributed by atoms with Crippen LogP contribution in [0.4, 0.5) is 0 Å². The molecule has 144 valence electrons. The summed E-state index contributed by atoms with van der Waals surface area (Å²) in [5, 5.41) is 2.88. The molecule has 7 heteroatoms. The van der Waals surface area contributed by atoms with Gasteiger partial charge in [-0.05, 0) is 31.8 Å². The van der Waals surface area contributed by atoms with Crippen LogP contribution in [0.2, 0.25) is 0 Å². The van der Waals surface area contributed by atoms with Crippen molar-refractivity contribution in [2.24, 2.45) is 5.73 Å². The number of carbonyl (C=O) groups excluding carboxylic acids is 1. The van der Waals surface area contributed by atoms with Gasteiger partial charge < -0.3 is 20.7 Å². The van der Waals surface area contributed by atoms with Gasteiger partial charge in [0.1, 0.15) is 12.4 Å². The summed E-state index contributed by atoms with van der Waals surface area (Å²) in [4.78, 5) is 14.5. The first-order chi connectivity index (χ1) is 11.6. The minimum Gasteiger partial charge on any atom is -0.491 e. The van der Waals surface area contributed by atoms with Gasteiger partial charge in [0.05, 0.1) is 5.56 Å². The molecule has 3 N–H and O–H groups in total. The van der Waals surface area contributed by atoms with Crippen LogP contribution in [-0.4, -0.2) is 44.6 Å². The van der Waals surface area contributed by atoms with Gasteiger partial charge in [-0.2, -0.15) is 0 Å². The van der Waals surface area contributed by atoms with Gasteiger partial charge in [0.2, 0.25) is 0 Å². The number of rotatable bonds is 8. The van der Waals surface area contributed by atoms with Crippen LogP contribution in [0.1, 0.15) is 22.0 Å². The Morgan fingerprint density at radius 1 is 1.08 bits per heavy atom. The Hall–Kier alpha value is -1.79. The molecule has 0 bridgehead atoms. The Kier molecular flexibility index (Phi) is 11.7. The van der Waals surface area contributed by atoms with E-state index in [-0.39, 0.29) is 36.8 Å². The van der Waals surface area contributed by atoms with E-state index < -0.39 is 0 Å². The maximum Gasteiger partial charge on any atom is 0.255 e. The number of amides is 1. The van der Waals surface area contributed by atoms with Gasteiger partial charge in [0.15, 0.2) is 0 Å². The van der Waals surface area contributed by atoms with E-state index in [2.05, 4.69) is 5.32 Å². The minimum atomic E-state index is -0.239. The number of halogens is 2. The lowest BCUT2D eigenvalue weighted by Gasteiger charge is -2.16. The van der Waals surface area contributed by atoms with E-state index in [9.17, 15) is 4.79 Å². The SMILES string of the molecule is CN(C)CCOc1ccccc1C(=O)NCC(N)c1ccccc1.Cl.Cl. The third kappa shape index (κ3) is 7.62. The number of likely N-dealkylation sites (N-methyl/N-ethyl adjacent to an activating group) is 1. The van der Waals surface area contributed by atoms with Crippen molar-refractivity contribution in [3.05, 3.63) is 65.7 Å². The number of hydrogen-bond acceptors (Lipinski definition) is 4. The molecule has 0 heterocycles. The third-order valence-corrected chi connectivity index (χ3v) is 3.64. The van der Waals surface area contributed by atoms with Crippen LogP contribution < -0.4 is 15.8 Å². The number of nitrogens with zero attached hydrogens (tertiary/aromatic N) is 1. The molecular weight excluding hydrogens is 373 g/mol. The van der Waals surface area contributed by atoms with Crippen molar-refractivity contribution in [3.63, 3.8) is 0 Å². The van der Waals surface area contributed by atoms with Gasteiger partial charge >= 0.3 is 0 Å². The molecule has 1 unspecified atom stereocenters. The van der Waals surface area contributed by atoms with Crippen molar-refractivity contribution in [1.29, 1.82) is 0 Å². The zero-order valence-electron chi connectivity index (χ0n) is 15.1. The van der Waals surface area contributed by atoms with Crippen molar-refractivity contribution in [3.8, 4) is 5.75 Å². The van der Waals surface area contributed by atoms with Crippen molar-refractivity contribution in [2.75, 3.05) is 33.8 Å². The molecule has 0 aliphatic heterocycles. The summed E-state index contributed by atoms with van der Waals surface area (Å²) in [7, 11) is 3.96.